The van der Waals surface area contributed by atoms with Crippen molar-refractivity contribution in [1.29, 1.82) is 0 Å². The van der Waals surface area contributed by atoms with Gasteiger partial charge in [0.1, 0.15) is 0 Å². The number of hydrogen-bond donors (Lipinski definition) is 3. The average Bonchev–Trinajstić information content (AvgIpc) is 2.46. The Bertz CT molecular complexity index is 447. The Kier molecular flexibility index (Phi) is 5.83. The van der Waals surface area contributed by atoms with Crippen LogP contribution in [0.5, 0.6) is 0 Å². The van der Waals surface area contributed by atoms with Crippen LogP contribution < -0.4 is 16.6 Å². The molecule has 1 aromatic rings. The van der Waals surface area contributed by atoms with E-state index in [4.69, 9.17) is 10.6 Å². The lowest BCUT2D eigenvalue weighted by atomic mass is 9.78. The molecular weight excluding hydrogens is 252 g/mol. The number of fused-ring (bicyclic) bond motifs is 1. The van der Waals surface area contributed by atoms with Crippen molar-refractivity contribution in [2.24, 2.45) is 10.8 Å². The summed E-state index contributed by atoms with van der Waals surface area (Å²) in [5.41, 5.74) is 5.48. The molecule has 0 saturated heterocycles. The van der Waals surface area contributed by atoms with Gasteiger partial charge in [-0.25, -0.2) is 5.84 Å². The molecule has 1 aliphatic carbocycles. The van der Waals surface area contributed by atoms with Crippen molar-refractivity contribution in [3.05, 3.63) is 35.4 Å². The fourth-order valence-corrected chi connectivity index (χ4v) is 2.40. The van der Waals surface area contributed by atoms with Gasteiger partial charge in [0.2, 0.25) is 5.96 Å². The molecule has 110 valence electrons. The maximum absolute atomic E-state index is 5.48. The van der Waals surface area contributed by atoms with Crippen LogP contribution in [0.15, 0.2) is 29.3 Å². The van der Waals surface area contributed by atoms with Gasteiger partial charge in [-0.15, -0.1) is 0 Å². The third-order valence-corrected chi connectivity index (χ3v) is 3.53. The number of nitrogens with two attached hydrogens (primary N) is 1. The summed E-state index contributed by atoms with van der Waals surface area (Å²) in [7, 11) is 0. The number of ether oxygens (including phenoxy) is 1. The van der Waals surface area contributed by atoms with Crippen molar-refractivity contribution in [3.8, 4) is 0 Å². The minimum atomic E-state index is 0.528. The minimum Gasteiger partial charge on any atom is -0.382 e. The van der Waals surface area contributed by atoms with Gasteiger partial charge in [0.15, 0.2) is 0 Å². The number of benzene rings is 1. The molecule has 0 bridgehead atoms. The molecule has 5 nitrogen and oxygen atoms in total. The first-order valence-electron chi connectivity index (χ1n) is 7.25. The lowest BCUT2D eigenvalue weighted by Gasteiger charge is -2.28. The molecule has 1 aromatic carbocycles. The Balaban J connectivity index is 1.72. The van der Waals surface area contributed by atoms with Crippen molar-refractivity contribution >= 4 is 5.96 Å². The zero-order valence-corrected chi connectivity index (χ0v) is 12.1. The second-order valence-electron chi connectivity index (χ2n) is 4.91. The first-order chi connectivity index (χ1) is 9.85. The van der Waals surface area contributed by atoms with Crippen molar-refractivity contribution in [1.82, 2.24) is 10.7 Å². The smallest absolute Gasteiger partial charge is 0.205 e. The van der Waals surface area contributed by atoms with Gasteiger partial charge >= 0.3 is 0 Å². The van der Waals surface area contributed by atoms with E-state index in [1.165, 1.54) is 11.1 Å². The minimum absolute atomic E-state index is 0.528. The molecule has 0 aliphatic heterocycles. The van der Waals surface area contributed by atoms with E-state index < -0.39 is 0 Å². The highest BCUT2D eigenvalue weighted by Crippen LogP contribution is 2.34. The molecule has 1 atom stereocenters. The third-order valence-electron chi connectivity index (χ3n) is 3.53. The number of rotatable bonds is 7. The Hall–Kier alpha value is -1.59. The number of hydrogen-bond acceptors (Lipinski definition) is 3. The highest BCUT2D eigenvalue weighted by atomic mass is 16.5. The van der Waals surface area contributed by atoms with Crippen LogP contribution in [0.1, 0.15) is 30.4 Å². The molecule has 0 spiro atoms. The average molecular weight is 276 g/mol. The van der Waals surface area contributed by atoms with Gasteiger partial charge in [0.25, 0.3) is 0 Å². The standard InChI is InChI=1S/C15H24N4O/c1-2-20-9-5-8-17-15(19-16)18-11-13-10-12-6-3-4-7-14(12)13/h3-4,6-7,13H,2,5,8-11,16H2,1H3,(H2,17,18,19). The molecule has 0 saturated carbocycles. The molecule has 0 amide bonds. The molecule has 0 fully saturated rings. The number of nitrogens with one attached hydrogen (secondary N) is 2. The molecule has 0 radical (unpaired) electrons. The normalized spacial score (nSPS) is 17.3. The quantitative estimate of drug-likeness (QED) is 0.230. The molecule has 0 heterocycles. The molecule has 5 heteroatoms. The van der Waals surface area contributed by atoms with Crippen LogP contribution in [0.2, 0.25) is 0 Å². The predicted molar refractivity (Wildman–Crippen MR) is 81.6 cm³/mol. The summed E-state index contributed by atoms with van der Waals surface area (Å²) in [5, 5.41) is 3.19. The van der Waals surface area contributed by atoms with Gasteiger partial charge < -0.3 is 10.1 Å². The summed E-state index contributed by atoms with van der Waals surface area (Å²) in [4.78, 5) is 4.51. The SMILES string of the molecule is CCOCCCNC(=NCC1Cc2ccccc21)NN. The Morgan fingerprint density at radius 2 is 2.30 bits per heavy atom. The van der Waals surface area contributed by atoms with Crippen molar-refractivity contribution in [3.63, 3.8) is 0 Å². The molecule has 2 rings (SSSR count). The second-order valence-corrected chi connectivity index (χ2v) is 4.91. The van der Waals surface area contributed by atoms with Crippen LogP contribution in [-0.2, 0) is 11.2 Å². The monoisotopic (exact) mass is 276 g/mol. The van der Waals surface area contributed by atoms with Crippen LogP contribution >= 0.6 is 0 Å². The van der Waals surface area contributed by atoms with Crippen LogP contribution in [0.25, 0.3) is 0 Å². The van der Waals surface area contributed by atoms with Gasteiger partial charge in [0.05, 0.1) is 0 Å². The maximum Gasteiger partial charge on any atom is 0.205 e. The Morgan fingerprint density at radius 3 is 3.05 bits per heavy atom. The van der Waals surface area contributed by atoms with Crippen molar-refractivity contribution in [2.45, 2.75) is 25.7 Å². The van der Waals surface area contributed by atoms with Crippen molar-refractivity contribution < 1.29 is 4.74 Å². The summed E-state index contributed by atoms with van der Waals surface area (Å²) in [6, 6.07) is 8.54. The first kappa shape index (κ1) is 14.8. The Labute approximate surface area is 120 Å². The summed E-state index contributed by atoms with van der Waals surface area (Å²) >= 11 is 0. The van der Waals surface area contributed by atoms with Gasteiger partial charge in [-0.05, 0) is 30.9 Å². The Morgan fingerprint density at radius 1 is 1.45 bits per heavy atom. The highest BCUT2D eigenvalue weighted by molar-refractivity contribution is 5.79. The van der Waals surface area contributed by atoms with Crippen molar-refractivity contribution in [2.75, 3.05) is 26.3 Å². The lowest BCUT2D eigenvalue weighted by Crippen LogP contribution is -2.42. The van der Waals surface area contributed by atoms with Crippen LogP contribution in [0.3, 0.4) is 0 Å². The zero-order valence-electron chi connectivity index (χ0n) is 12.1. The van der Waals surface area contributed by atoms with Gasteiger partial charge in [-0.3, -0.25) is 10.4 Å². The van der Waals surface area contributed by atoms with E-state index in [9.17, 15) is 0 Å². The number of hydrazine groups is 1. The highest BCUT2D eigenvalue weighted by Gasteiger charge is 2.24. The van der Waals surface area contributed by atoms with Crippen LogP contribution in [0, 0.1) is 0 Å². The zero-order chi connectivity index (χ0) is 14.2. The van der Waals surface area contributed by atoms with Gasteiger partial charge in [-0.1, -0.05) is 24.3 Å². The van der Waals surface area contributed by atoms with Gasteiger partial charge in [0, 0.05) is 32.2 Å². The molecule has 20 heavy (non-hydrogen) atoms. The number of nitrogens with zero attached hydrogens (tertiary/aromatic N) is 1. The predicted octanol–water partition coefficient (Wildman–Crippen LogP) is 1.16. The second kappa shape index (κ2) is 7.87. The largest absolute Gasteiger partial charge is 0.382 e. The molecule has 4 N–H and O–H groups in total. The molecule has 1 aliphatic rings. The first-order valence-corrected chi connectivity index (χ1v) is 7.25. The van der Waals surface area contributed by atoms with Crippen LogP contribution in [0.4, 0.5) is 0 Å². The fraction of sp³-hybridized carbons (Fsp3) is 0.533. The summed E-state index contributed by atoms with van der Waals surface area (Å²) < 4.78 is 5.28. The van der Waals surface area contributed by atoms with E-state index in [0.29, 0.717) is 11.9 Å². The van der Waals surface area contributed by atoms with E-state index in [2.05, 4.69) is 40.0 Å². The number of aliphatic imine (C=N–C) groups is 1. The number of guanidine groups is 1. The summed E-state index contributed by atoms with van der Waals surface area (Å²) in [5.74, 6) is 6.67. The molecule has 0 aromatic heterocycles. The van der Waals surface area contributed by atoms with E-state index in [1.807, 2.05) is 6.92 Å². The van der Waals surface area contributed by atoms with E-state index in [1.54, 1.807) is 0 Å². The molecule has 1 unspecified atom stereocenters. The maximum atomic E-state index is 5.48. The van der Waals surface area contributed by atoms with E-state index in [-0.39, 0.29) is 0 Å². The van der Waals surface area contributed by atoms with Crippen LogP contribution in [-0.4, -0.2) is 32.3 Å². The topological polar surface area (TPSA) is 71.7 Å². The van der Waals surface area contributed by atoms with Gasteiger partial charge in [-0.2, -0.15) is 0 Å². The van der Waals surface area contributed by atoms with E-state index >= 15 is 0 Å². The summed E-state index contributed by atoms with van der Waals surface area (Å²) in [6.45, 7) is 5.10. The molecular formula is C15H24N4O. The van der Waals surface area contributed by atoms with E-state index in [0.717, 1.165) is 39.1 Å². The summed E-state index contributed by atoms with van der Waals surface area (Å²) in [6.07, 6.45) is 2.06. The lowest BCUT2D eigenvalue weighted by molar-refractivity contribution is 0.145. The fourth-order valence-electron chi connectivity index (χ4n) is 2.40. The third kappa shape index (κ3) is 3.95.